The van der Waals surface area contributed by atoms with Crippen LogP contribution >= 0.6 is 0 Å². The highest BCUT2D eigenvalue weighted by molar-refractivity contribution is 6.74. The molecule has 0 aliphatic heterocycles. The zero-order chi connectivity index (χ0) is 37.0. The van der Waals surface area contributed by atoms with Crippen molar-refractivity contribution in [2.45, 2.75) is 131 Å². The molecule has 0 radical (unpaired) electrons. The highest BCUT2D eigenvalue weighted by atomic mass is 28.4. The molecule has 2 amide bonds. The zero-order valence-corrected chi connectivity index (χ0v) is 34.0. The molecule has 0 bridgehead atoms. The van der Waals surface area contributed by atoms with E-state index in [1.807, 2.05) is 41.5 Å². The summed E-state index contributed by atoms with van der Waals surface area (Å²) < 4.78 is 48.9. The fraction of sp³-hybridized carbons (Fsp3) is 0.938. The van der Waals surface area contributed by atoms with Crippen LogP contribution in [0.4, 0.5) is 14.0 Å². The lowest BCUT2D eigenvalue weighted by molar-refractivity contribution is 0.0213. The third-order valence-corrected chi connectivity index (χ3v) is 16.3. The summed E-state index contributed by atoms with van der Waals surface area (Å²) in [5.74, 6) is 0. The Kier molecular flexibility index (Phi) is 22.0. The van der Waals surface area contributed by atoms with Gasteiger partial charge >= 0.3 is 12.2 Å². The van der Waals surface area contributed by atoms with Gasteiger partial charge in [0.1, 0.15) is 11.2 Å². The van der Waals surface area contributed by atoms with E-state index in [0.29, 0.717) is 52.7 Å². The Morgan fingerprint density at radius 1 is 0.689 bits per heavy atom. The lowest BCUT2D eigenvalue weighted by Gasteiger charge is -2.36. The molecule has 0 aromatic rings. The van der Waals surface area contributed by atoms with Crippen LogP contribution in [0.25, 0.3) is 0 Å². The van der Waals surface area contributed by atoms with Gasteiger partial charge in [-0.15, -0.1) is 0 Å². The van der Waals surface area contributed by atoms with E-state index in [4.69, 9.17) is 29.2 Å². The van der Waals surface area contributed by atoms with Crippen molar-refractivity contribution in [3.8, 4) is 0 Å². The number of likely N-dealkylation sites (N-methyl/N-ethyl adjacent to an activating group) is 1. The molecule has 0 unspecified atom stereocenters. The van der Waals surface area contributed by atoms with Crippen molar-refractivity contribution in [1.29, 1.82) is 0 Å². The van der Waals surface area contributed by atoms with Gasteiger partial charge in [0.05, 0.1) is 48.2 Å². The van der Waals surface area contributed by atoms with E-state index >= 15 is 0 Å². The van der Waals surface area contributed by atoms with Crippen LogP contribution in [0.5, 0.6) is 0 Å². The predicted octanol–water partition coefficient (Wildman–Crippen LogP) is 8.03. The maximum Gasteiger partial charge on any atom is 0.410 e. The molecule has 45 heavy (non-hydrogen) atoms. The second-order valence-electron chi connectivity index (χ2n) is 15.8. The maximum absolute atomic E-state index is 11.7. The summed E-state index contributed by atoms with van der Waals surface area (Å²) in [5, 5.41) is 3.08. The van der Waals surface area contributed by atoms with E-state index in [1.165, 1.54) is 4.90 Å². The minimum atomic E-state index is -1.70. The van der Waals surface area contributed by atoms with Gasteiger partial charge in [-0.25, -0.2) is 9.59 Å². The van der Waals surface area contributed by atoms with Gasteiger partial charge < -0.3 is 38.0 Å². The molecule has 272 valence electrons. The van der Waals surface area contributed by atoms with Crippen molar-refractivity contribution in [2.24, 2.45) is 0 Å². The van der Waals surface area contributed by atoms with Crippen molar-refractivity contribution >= 4 is 28.8 Å². The average molecular weight is 688 g/mol. The number of ether oxygens (including phenoxy) is 4. The molecule has 13 heteroatoms. The molecule has 10 nitrogen and oxygen atoms in total. The number of halogens is 1. The van der Waals surface area contributed by atoms with Crippen molar-refractivity contribution in [2.75, 3.05) is 66.9 Å². The van der Waals surface area contributed by atoms with Crippen LogP contribution in [0.1, 0.15) is 84.5 Å². The van der Waals surface area contributed by atoms with E-state index < -0.39 is 41.1 Å². The quantitative estimate of drug-likeness (QED) is 0.145. The molecule has 1 N–H and O–H groups in total. The number of rotatable bonds is 14. The highest BCUT2D eigenvalue weighted by Gasteiger charge is 2.37. The number of alkyl halides is 1. The number of hydrogen-bond acceptors (Lipinski definition) is 8. The number of amides is 2. The fourth-order valence-electron chi connectivity index (χ4n) is 2.52. The first-order valence-electron chi connectivity index (χ1n) is 16.4. The lowest BCUT2D eigenvalue weighted by atomic mass is 10.2. The van der Waals surface area contributed by atoms with Gasteiger partial charge in [0.25, 0.3) is 0 Å². The normalized spacial score (nSPS) is 13.0. The number of hydrogen-bond donors (Lipinski definition) is 1. The van der Waals surface area contributed by atoms with Crippen molar-refractivity contribution in [3.05, 3.63) is 0 Å². The Bertz CT molecular complexity index is 825. The van der Waals surface area contributed by atoms with Gasteiger partial charge in [-0.05, 0) is 77.8 Å². The van der Waals surface area contributed by atoms with Crippen LogP contribution in [0, 0.1) is 0 Å². The van der Waals surface area contributed by atoms with Crippen LogP contribution in [0.3, 0.4) is 0 Å². The van der Waals surface area contributed by atoms with Gasteiger partial charge in [-0.1, -0.05) is 41.5 Å². The van der Waals surface area contributed by atoms with Crippen LogP contribution < -0.4 is 5.32 Å². The summed E-state index contributed by atoms with van der Waals surface area (Å²) in [6, 6.07) is 0. The molecule has 0 atom stereocenters. The van der Waals surface area contributed by atoms with Gasteiger partial charge in [0, 0.05) is 20.1 Å². The molecule has 0 aliphatic rings. The van der Waals surface area contributed by atoms with Gasteiger partial charge in [-0.3, -0.25) is 4.39 Å². The largest absolute Gasteiger partial charge is 0.444 e. The van der Waals surface area contributed by atoms with Crippen LogP contribution in [0.15, 0.2) is 0 Å². The van der Waals surface area contributed by atoms with Crippen LogP contribution in [-0.2, 0) is 27.8 Å². The molecule has 0 spiro atoms. The molecular weight excluding hydrogens is 616 g/mol. The standard InChI is InChI=1S/C16H35NO4Si.C15H33NO4Si.CH3F/c1-15(2,3)21-14(18)17(7)10-11-19-12-13-20-22(8,9)16(4,5)6;1-14(2,3)20-13(17)16-9-10-18-11-12-19-21(7,8)15(4,5)6;1-2/h10-13H2,1-9H3;9-12H2,1-8H3,(H,16,17);1H3/i;;1D. The van der Waals surface area contributed by atoms with Gasteiger partial charge in [0.2, 0.25) is 0 Å². The second kappa shape index (κ2) is 21.6. The summed E-state index contributed by atoms with van der Waals surface area (Å²) in [6.45, 7) is 37.4. The average Bonchev–Trinajstić information content (AvgIpc) is 2.82. The SMILES string of the molecule is CC(C)(C)OC(=O)NCCOCCO[Si](C)(C)C(C)(C)C.CN(CCOCCO[Si](C)(C)C(C)(C)C)C(=O)OC(C)(C)C.[2H]CF. The lowest BCUT2D eigenvalue weighted by Crippen LogP contribution is -2.41. The Morgan fingerprint density at radius 3 is 1.42 bits per heavy atom. The summed E-state index contributed by atoms with van der Waals surface area (Å²) in [4.78, 5) is 24.7. The predicted molar refractivity (Wildman–Crippen MR) is 188 cm³/mol. The van der Waals surface area contributed by atoms with Crippen molar-refractivity contribution < 1.29 is 43.1 Å². The minimum absolute atomic E-state index is 0.212. The molecule has 0 saturated carbocycles. The highest BCUT2D eigenvalue weighted by Crippen LogP contribution is 2.37. The summed E-state index contributed by atoms with van der Waals surface area (Å²) in [5.41, 5.74) is -0.939. The zero-order valence-electron chi connectivity index (χ0n) is 33.0. The molecule has 0 rings (SSSR count). The molecule has 0 fully saturated rings. The first-order valence-corrected chi connectivity index (χ1v) is 21.5. The monoisotopic (exact) mass is 687 g/mol. The molecule has 0 heterocycles. The molecular formula is C32H71FN2O8Si2. The van der Waals surface area contributed by atoms with E-state index in [9.17, 15) is 14.0 Å². The minimum Gasteiger partial charge on any atom is -0.444 e. The Balaban J connectivity index is -0.000000740. The first kappa shape index (κ1) is 45.9. The topological polar surface area (TPSA) is 105 Å². The molecule has 0 saturated heterocycles. The van der Waals surface area contributed by atoms with E-state index in [-0.39, 0.29) is 16.2 Å². The molecule has 0 aromatic heterocycles. The van der Waals surface area contributed by atoms with E-state index in [0.717, 1.165) is 0 Å². The Morgan fingerprint density at radius 2 is 1.07 bits per heavy atom. The molecule has 0 aromatic carbocycles. The van der Waals surface area contributed by atoms with E-state index in [1.54, 1.807) is 7.05 Å². The number of carbonyl (C=O) groups excluding carboxylic acids is 2. The fourth-order valence-corrected chi connectivity index (χ4v) is 4.57. The summed E-state index contributed by atoms with van der Waals surface area (Å²) >= 11 is 0. The number of nitrogens with zero attached hydrogens (tertiary/aromatic N) is 1. The van der Waals surface area contributed by atoms with Crippen LogP contribution in [0.2, 0.25) is 36.3 Å². The van der Waals surface area contributed by atoms with Crippen LogP contribution in [-0.4, -0.2) is 112 Å². The number of carbonyl (C=O) groups is 2. The van der Waals surface area contributed by atoms with Crippen molar-refractivity contribution in [1.82, 2.24) is 10.2 Å². The second-order valence-corrected chi connectivity index (χ2v) is 25.4. The number of alkyl carbamates (subject to hydrolysis) is 1. The van der Waals surface area contributed by atoms with Gasteiger partial charge in [-0.2, -0.15) is 0 Å². The molecule has 0 aliphatic carbocycles. The summed E-state index contributed by atoms with van der Waals surface area (Å²) in [6.07, 6.45) is -0.739. The smallest absolute Gasteiger partial charge is 0.410 e. The summed E-state index contributed by atoms with van der Waals surface area (Å²) in [7, 11) is -2.67. The number of nitrogens with one attached hydrogen (secondary N) is 1. The third kappa shape index (κ3) is 26.5. The van der Waals surface area contributed by atoms with Gasteiger partial charge in [0.15, 0.2) is 16.6 Å². The van der Waals surface area contributed by atoms with Crippen molar-refractivity contribution in [3.63, 3.8) is 0 Å². The third-order valence-electron chi connectivity index (χ3n) is 7.18. The Hall–Kier alpha value is -1.26. The first-order chi connectivity index (χ1) is 20.5. The Labute approximate surface area is 279 Å². The maximum atomic E-state index is 11.7. The van der Waals surface area contributed by atoms with E-state index in [2.05, 4.69) is 73.0 Å².